The van der Waals surface area contributed by atoms with Gasteiger partial charge in [-0.1, -0.05) is 0 Å². The predicted molar refractivity (Wildman–Crippen MR) is 225 cm³/mol. The largest absolute Gasteiger partial charge is 0.508 e. The number of rotatable bonds is 12. The van der Waals surface area contributed by atoms with E-state index in [1.807, 2.05) is 0 Å². The molecule has 10 atom stereocenters. The zero-order valence-electron chi connectivity index (χ0n) is 34.5. The molecule has 0 unspecified atom stereocenters. The van der Waals surface area contributed by atoms with Crippen molar-refractivity contribution in [1.29, 1.82) is 0 Å². The number of aromatic hydroxyl groups is 6. The second-order valence-corrected chi connectivity index (χ2v) is 16.6. The van der Waals surface area contributed by atoms with Gasteiger partial charge in [0.05, 0.1) is 13.2 Å². The van der Waals surface area contributed by atoms with Gasteiger partial charge in [0.25, 0.3) is 0 Å². The number of aliphatic hydroxyl groups excluding tert-OH is 8. The smallest absolute Gasteiger partial charge is 0.501 e. The Morgan fingerprint density at radius 1 is 0.493 bits per heavy atom. The fourth-order valence-electron chi connectivity index (χ4n) is 7.37. The quantitative estimate of drug-likeness (QED) is 0.0665. The van der Waals surface area contributed by atoms with Crippen molar-refractivity contribution in [3.05, 3.63) is 81.1 Å². The molecular weight excluding hydrogens is 953 g/mol. The number of benzene rings is 4. The SMILES string of the molecule is O=c1c(O[C@@H]2O[C@H](CO)[C@@H](O)[C@H](O)[C@H]2O)c(-c2ccc(O)c(OS(=O)(=O)Oc3cc(-c4oc5cc(O)cc(O)c5c(=O)c4O[C@@H]4O[C@H](CO)[C@@H](O)[C@H](O)[C@H]4O)ccc3O)c2)oc2cc(O)cc(O)c12. The molecule has 2 aliphatic rings. The van der Waals surface area contributed by atoms with Gasteiger partial charge in [0.15, 0.2) is 34.5 Å². The van der Waals surface area contributed by atoms with Gasteiger partial charge in [-0.2, -0.15) is 0 Å². The van der Waals surface area contributed by atoms with E-state index >= 15 is 0 Å². The van der Waals surface area contributed by atoms with Crippen molar-refractivity contribution < 1.29 is 116 Å². The minimum atomic E-state index is -5.52. The highest BCUT2D eigenvalue weighted by atomic mass is 32.3. The lowest BCUT2D eigenvalue weighted by Gasteiger charge is -2.39. The van der Waals surface area contributed by atoms with Gasteiger partial charge in [0.1, 0.15) is 93.8 Å². The Morgan fingerprint density at radius 3 is 1.23 bits per heavy atom. The third kappa shape index (κ3) is 9.02. The van der Waals surface area contributed by atoms with Crippen LogP contribution >= 0.6 is 0 Å². The zero-order chi connectivity index (χ0) is 50.0. The molecule has 2 saturated heterocycles. The molecule has 2 aliphatic heterocycles. The lowest BCUT2D eigenvalue weighted by atomic mass is 9.99. The summed E-state index contributed by atoms with van der Waals surface area (Å²) in [6, 6.07) is 8.54. The Balaban J connectivity index is 1.16. The molecule has 8 rings (SSSR count). The van der Waals surface area contributed by atoms with E-state index in [0.29, 0.717) is 0 Å². The van der Waals surface area contributed by atoms with Gasteiger partial charge < -0.3 is 108 Å². The van der Waals surface area contributed by atoms with Crippen LogP contribution in [0.5, 0.6) is 57.5 Å². The maximum absolute atomic E-state index is 13.9. The molecule has 0 spiro atoms. The summed E-state index contributed by atoms with van der Waals surface area (Å²) in [5, 5.41) is 144. The summed E-state index contributed by atoms with van der Waals surface area (Å²) in [6.07, 6.45) is -19.0. The fraction of sp³-hybridized carbons (Fsp3) is 0.286. The van der Waals surface area contributed by atoms with E-state index in [2.05, 4.69) is 0 Å². The number of hydrogen-bond acceptors (Lipinski definition) is 26. The number of phenolic OH excluding ortho intramolecular Hbond substituents is 6. The van der Waals surface area contributed by atoms with Crippen molar-refractivity contribution in [2.24, 2.45) is 0 Å². The van der Waals surface area contributed by atoms with Crippen LogP contribution in [0.25, 0.3) is 44.6 Å². The Hall–Kier alpha value is -7.15. The molecule has 0 radical (unpaired) electrons. The molecule has 6 aromatic rings. The zero-order valence-corrected chi connectivity index (χ0v) is 35.3. The molecule has 368 valence electrons. The monoisotopic (exact) mass is 990 g/mol. The highest BCUT2D eigenvalue weighted by Crippen LogP contribution is 2.43. The first-order valence-electron chi connectivity index (χ1n) is 19.9. The van der Waals surface area contributed by atoms with Gasteiger partial charge in [0.2, 0.25) is 34.9 Å². The predicted octanol–water partition coefficient (Wildman–Crippen LogP) is -1.47. The van der Waals surface area contributed by atoms with Crippen LogP contribution in [0.3, 0.4) is 0 Å². The minimum absolute atomic E-state index is 0.375. The van der Waals surface area contributed by atoms with Crippen LogP contribution < -0.4 is 28.7 Å². The van der Waals surface area contributed by atoms with Gasteiger partial charge in [-0.05, 0) is 36.4 Å². The molecule has 0 aliphatic carbocycles. The van der Waals surface area contributed by atoms with E-state index < -0.39 is 187 Å². The molecule has 26 nitrogen and oxygen atoms in total. The number of hydrogen-bond donors (Lipinski definition) is 14. The maximum Gasteiger partial charge on any atom is 0.501 e. The van der Waals surface area contributed by atoms with Crippen LogP contribution in [0.4, 0.5) is 0 Å². The molecule has 14 N–H and O–H groups in total. The Labute approximate surface area is 383 Å². The molecule has 69 heavy (non-hydrogen) atoms. The Kier molecular flexibility index (Phi) is 12.9. The number of ether oxygens (including phenoxy) is 4. The van der Waals surface area contributed by atoms with E-state index in [-0.39, 0.29) is 11.1 Å². The van der Waals surface area contributed by atoms with Crippen molar-refractivity contribution in [3.63, 3.8) is 0 Å². The average molecular weight is 991 g/mol. The van der Waals surface area contributed by atoms with Crippen LogP contribution in [-0.2, 0) is 19.9 Å². The van der Waals surface area contributed by atoms with Crippen molar-refractivity contribution in [1.82, 2.24) is 0 Å². The molecule has 27 heteroatoms. The average Bonchev–Trinajstić information content (AvgIpc) is 3.28. The van der Waals surface area contributed by atoms with Crippen LogP contribution in [0.15, 0.2) is 79.1 Å². The van der Waals surface area contributed by atoms with E-state index in [0.717, 1.165) is 60.7 Å². The van der Waals surface area contributed by atoms with Crippen molar-refractivity contribution >= 4 is 32.3 Å². The Morgan fingerprint density at radius 2 is 0.870 bits per heavy atom. The number of phenols is 6. The summed E-state index contributed by atoms with van der Waals surface area (Å²) in [4.78, 5) is 27.9. The highest BCUT2D eigenvalue weighted by molar-refractivity contribution is 7.82. The van der Waals surface area contributed by atoms with Crippen LogP contribution in [0.1, 0.15) is 0 Å². The van der Waals surface area contributed by atoms with Gasteiger partial charge >= 0.3 is 10.4 Å². The number of aliphatic hydroxyl groups is 8. The second-order valence-electron chi connectivity index (χ2n) is 15.4. The first-order valence-corrected chi connectivity index (χ1v) is 21.2. The molecule has 4 heterocycles. The summed E-state index contributed by atoms with van der Waals surface area (Å²) in [6.45, 7) is -1.81. The van der Waals surface area contributed by atoms with Gasteiger partial charge in [0, 0.05) is 35.4 Å². The molecule has 2 fully saturated rings. The third-order valence-corrected chi connectivity index (χ3v) is 11.6. The molecule has 0 saturated carbocycles. The molecule has 0 bridgehead atoms. The summed E-state index contributed by atoms with van der Waals surface area (Å²) >= 11 is 0. The van der Waals surface area contributed by atoms with E-state index in [9.17, 15) is 89.5 Å². The van der Waals surface area contributed by atoms with Gasteiger partial charge in [-0.15, -0.1) is 8.42 Å². The summed E-state index contributed by atoms with van der Waals surface area (Å²) < 4.78 is 70.8. The fourth-order valence-corrected chi connectivity index (χ4v) is 8.11. The minimum Gasteiger partial charge on any atom is -0.508 e. The summed E-state index contributed by atoms with van der Waals surface area (Å²) in [5.74, 6) is -9.81. The van der Waals surface area contributed by atoms with Gasteiger partial charge in [-0.3, -0.25) is 9.59 Å². The molecule has 2 aromatic heterocycles. The summed E-state index contributed by atoms with van der Waals surface area (Å²) in [7, 11) is -5.52. The van der Waals surface area contributed by atoms with Gasteiger partial charge in [-0.25, -0.2) is 0 Å². The van der Waals surface area contributed by atoms with E-state index in [4.69, 9.17) is 36.1 Å². The van der Waals surface area contributed by atoms with E-state index in [1.54, 1.807) is 0 Å². The topological polar surface area (TPSA) is 433 Å². The first-order chi connectivity index (χ1) is 32.6. The van der Waals surface area contributed by atoms with Crippen molar-refractivity contribution in [3.8, 4) is 80.1 Å². The Bertz CT molecular complexity index is 2980. The highest BCUT2D eigenvalue weighted by Gasteiger charge is 2.47. The maximum atomic E-state index is 13.9. The second kappa shape index (κ2) is 18.4. The first kappa shape index (κ1) is 48.3. The number of fused-ring (bicyclic) bond motifs is 2. The van der Waals surface area contributed by atoms with Crippen LogP contribution in [-0.4, -0.2) is 155 Å². The lowest BCUT2D eigenvalue weighted by Crippen LogP contribution is -2.60. The van der Waals surface area contributed by atoms with Crippen LogP contribution in [0.2, 0.25) is 0 Å². The summed E-state index contributed by atoms with van der Waals surface area (Å²) in [5.41, 5.74) is -4.15. The standard InChI is InChI=1S/C42H38O26S/c43-11-25-29(51)33(55)35(57)41(63-25)65-39-31(53)27-19(49)7-15(45)9-23(27)61-37(39)13-1-3-17(47)21(5-13)67-69(59,60)68-22-6-14(2-4-18(22)48)38-40(32(54)28-20(50)8-16(46)10-24(28)62-38)66-42-36(58)34(56)30(52)26(12-44)64-42/h1-10,25-26,29-30,33-36,41-52,55-58H,11-12H2/t25-,26-,29-,30-,33+,34+,35-,36-,41+,42+/m1/s1. The molecule has 4 aromatic carbocycles. The molecular formula is C42H38O26S. The van der Waals surface area contributed by atoms with E-state index in [1.165, 1.54) is 0 Å². The third-order valence-electron chi connectivity index (χ3n) is 10.8. The lowest BCUT2D eigenvalue weighted by molar-refractivity contribution is -0.277. The van der Waals surface area contributed by atoms with Crippen molar-refractivity contribution in [2.45, 2.75) is 61.4 Å². The normalized spacial score (nSPS) is 25.1. The van der Waals surface area contributed by atoms with Crippen molar-refractivity contribution in [2.75, 3.05) is 13.2 Å². The molecule has 0 amide bonds. The van der Waals surface area contributed by atoms with Crippen LogP contribution in [0, 0.1) is 0 Å².